The van der Waals surface area contributed by atoms with Gasteiger partial charge in [-0.3, -0.25) is 4.72 Å². The maximum absolute atomic E-state index is 13.6. The zero-order chi connectivity index (χ0) is 16.3. The van der Waals surface area contributed by atoms with Crippen LogP contribution in [0.15, 0.2) is 12.1 Å². The van der Waals surface area contributed by atoms with E-state index in [2.05, 4.69) is 0 Å². The molecular weight excluding hydrogens is 316 g/mol. The van der Waals surface area contributed by atoms with Crippen LogP contribution in [0.2, 0.25) is 0 Å². The number of phenolic OH excluding ortho intramolecular Hbond substituents is 1. The highest BCUT2D eigenvalue weighted by Gasteiger charge is 2.30. The number of hydrogen-bond donors (Lipinski definition) is 2. The summed E-state index contributed by atoms with van der Waals surface area (Å²) in [4.78, 5) is 0. The van der Waals surface area contributed by atoms with Gasteiger partial charge < -0.3 is 9.84 Å². The van der Waals surface area contributed by atoms with Crippen molar-refractivity contribution in [3.05, 3.63) is 23.8 Å². The Morgan fingerprint density at radius 2 is 2.00 bits per heavy atom. The highest BCUT2D eigenvalue weighted by atomic mass is 32.2. The molecule has 1 fully saturated rings. The number of sulfonamides is 1. The second-order valence-electron chi connectivity index (χ2n) is 5.48. The van der Waals surface area contributed by atoms with E-state index in [0.29, 0.717) is 12.1 Å². The van der Waals surface area contributed by atoms with Crippen molar-refractivity contribution in [1.82, 2.24) is 0 Å². The number of nitrogens with one attached hydrogen (secondary N) is 1. The summed E-state index contributed by atoms with van der Waals surface area (Å²) in [6, 6.07) is 1.15. The van der Waals surface area contributed by atoms with Crippen LogP contribution in [0, 0.1) is 17.6 Å². The van der Waals surface area contributed by atoms with Crippen LogP contribution in [0.3, 0.4) is 0 Å². The third-order valence-electron chi connectivity index (χ3n) is 3.90. The molecule has 0 aromatic heterocycles. The normalized spacial score (nSPS) is 17.6. The van der Waals surface area contributed by atoms with Gasteiger partial charge in [0.05, 0.1) is 11.9 Å². The molecule has 1 saturated carbocycles. The Balaban J connectivity index is 2.13. The van der Waals surface area contributed by atoms with E-state index in [9.17, 15) is 22.3 Å². The predicted octanol–water partition coefficient (Wildman–Crippen LogP) is 2.62. The third-order valence-corrected chi connectivity index (χ3v) is 5.19. The van der Waals surface area contributed by atoms with Crippen LogP contribution in [0.25, 0.3) is 0 Å². The maximum Gasteiger partial charge on any atom is 0.235 e. The van der Waals surface area contributed by atoms with Crippen LogP contribution >= 0.6 is 0 Å². The molecule has 1 aliphatic rings. The first-order valence-electron chi connectivity index (χ1n) is 7.03. The lowest BCUT2D eigenvalue weighted by molar-refractivity contribution is 0.0718. The predicted molar refractivity (Wildman–Crippen MR) is 78.2 cm³/mol. The number of methoxy groups -OCH3 is 1. The summed E-state index contributed by atoms with van der Waals surface area (Å²) >= 11 is 0. The van der Waals surface area contributed by atoms with Crippen molar-refractivity contribution in [3.63, 3.8) is 0 Å². The highest BCUT2D eigenvalue weighted by molar-refractivity contribution is 7.92. The van der Waals surface area contributed by atoms with Crippen molar-refractivity contribution < 1.29 is 27.0 Å². The molecule has 0 aliphatic heterocycles. The smallest absolute Gasteiger partial charge is 0.235 e. The summed E-state index contributed by atoms with van der Waals surface area (Å²) < 4.78 is 58.0. The molecule has 0 spiro atoms. The Morgan fingerprint density at radius 3 is 2.55 bits per heavy atom. The largest absolute Gasteiger partial charge is 0.506 e. The summed E-state index contributed by atoms with van der Waals surface area (Å²) in [6.45, 7) is 0. The van der Waals surface area contributed by atoms with Gasteiger partial charge in [0.25, 0.3) is 0 Å². The molecule has 2 N–H and O–H groups in total. The zero-order valence-electron chi connectivity index (χ0n) is 12.2. The van der Waals surface area contributed by atoms with Gasteiger partial charge in [0.1, 0.15) is 17.3 Å². The third kappa shape index (κ3) is 4.07. The average molecular weight is 335 g/mol. The Labute approximate surface area is 128 Å². The minimum Gasteiger partial charge on any atom is -0.506 e. The van der Waals surface area contributed by atoms with Crippen LogP contribution in [-0.4, -0.2) is 32.5 Å². The van der Waals surface area contributed by atoms with E-state index < -0.39 is 39.2 Å². The Morgan fingerprint density at radius 1 is 1.36 bits per heavy atom. The van der Waals surface area contributed by atoms with E-state index in [4.69, 9.17) is 4.74 Å². The Kier molecular flexibility index (Phi) is 5.23. The van der Waals surface area contributed by atoms with Gasteiger partial charge in [-0.05, 0) is 18.8 Å². The van der Waals surface area contributed by atoms with Crippen LogP contribution in [0.5, 0.6) is 5.75 Å². The van der Waals surface area contributed by atoms with E-state index in [-0.39, 0.29) is 11.7 Å². The Bertz CT molecular complexity index is 607. The van der Waals surface area contributed by atoms with Gasteiger partial charge in [-0.1, -0.05) is 12.8 Å². The van der Waals surface area contributed by atoms with Gasteiger partial charge in [0.15, 0.2) is 5.82 Å². The standard InChI is InChI=1S/C14H19F2NO4S/c1-21-13(9-4-2-3-5-9)8-22(19,20)17-14-11(16)6-10(15)7-12(14)18/h6-7,9,13,17-18H,2-5,8H2,1H3. The van der Waals surface area contributed by atoms with E-state index >= 15 is 0 Å². The van der Waals surface area contributed by atoms with Gasteiger partial charge in [0.2, 0.25) is 10.0 Å². The van der Waals surface area contributed by atoms with Crippen molar-refractivity contribution in [3.8, 4) is 5.75 Å². The lowest BCUT2D eigenvalue weighted by atomic mass is 10.0. The average Bonchev–Trinajstić information content (AvgIpc) is 2.94. The zero-order valence-corrected chi connectivity index (χ0v) is 13.0. The summed E-state index contributed by atoms with van der Waals surface area (Å²) in [5.41, 5.74) is -0.650. The number of anilines is 1. The molecule has 2 rings (SSSR count). The number of ether oxygens (including phenoxy) is 1. The van der Waals surface area contributed by atoms with Crippen LogP contribution < -0.4 is 4.72 Å². The summed E-state index contributed by atoms with van der Waals surface area (Å²) in [5.74, 6) is -3.15. The number of hydrogen-bond acceptors (Lipinski definition) is 4. The van der Waals surface area contributed by atoms with Gasteiger partial charge in [0, 0.05) is 19.2 Å². The second kappa shape index (κ2) is 6.78. The molecule has 124 valence electrons. The number of benzene rings is 1. The number of rotatable bonds is 6. The monoisotopic (exact) mass is 335 g/mol. The topological polar surface area (TPSA) is 75.6 Å². The van der Waals surface area contributed by atoms with Crippen molar-refractivity contribution in [2.45, 2.75) is 31.8 Å². The van der Waals surface area contributed by atoms with Crippen molar-refractivity contribution in [2.75, 3.05) is 17.6 Å². The quantitative estimate of drug-likeness (QED) is 0.784. The fraction of sp³-hybridized carbons (Fsp3) is 0.571. The SMILES string of the molecule is COC(CS(=O)(=O)Nc1c(O)cc(F)cc1F)C1CCCC1. The summed E-state index contributed by atoms with van der Waals surface area (Å²) in [5, 5.41) is 9.50. The van der Waals surface area contributed by atoms with E-state index in [1.165, 1.54) is 7.11 Å². The fourth-order valence-electron chi connectivity index (χ4n) is 2.80. The summed E-state index contributed by atoms with van der Waals surface area (Å²) in [6.07, 6.45) is 3.36. The lowest BCUT2D eigenvalue weighted by Gasteiger charge is -2.22. The number of aromatic hydroxyl groups is 1. The molecule has 0 bridgehead atoms. The van der Waals surface area contributed by atoms with Crippen LogP contribution in [0.1, 0.15) is 25.7 Å². The lowest BCUT2D eigenvalue weighted by Crippen LogP contribution is -2.32. The molecule has 1 aromatic rings. The second-order valence-corrected chi connectivity index (χ2v) is 7.25. The van der Waals surface area contributed by atoms with Gasteiger partial charge in [-0.2, -0.15) is 0 Å². The molecule has 5 nitrogen and oxygen atoms in total. The first-order valence-corrected chi connectivity index (χ1v) is 8.69. The van der Waals surface area contributed by atoms with Crippen molar-refractivity contribution in [1.29, 1.82) is 0 Å². The molecule has 1 aliphatic carbocycles. The first kappa shape index (κ1) is 17.0. The summed E-state index contributed by atoms with van der Waals surface area (Å²) in [7, 11) is -2.50. The van der Waals surface area contributed by atoms with Crippen LogP contribution in [0.4, 0.5) is 14.5 Å². The molecule has 1 atom stereocenters. The fourth-order valence-corrected chi connectivity index (χ4v) is 4.24. The van der Waals surface area contributed by atoms with Crippen molar-refractivity contribution in [2.24, 2.45) is 5.92 Å². The van der Waals surface area contributed by atoms with Gasteiger partial charge >= 0.3 is 0 Å². The van der Waals surface area contributed by atoms with Gasteiger partial charge in [-0.25, -0.2) is 17.2 Å². The van der Waals surface area contributed by atoms with Crippen LogP contribution in [-0.2, 0) is 14.8 Å². The minimum atomic E-state index is -3.94. The molecule has 1 unspecified atom stereocenters. The van der Waals surface area contributed by atoms with E-state index in [1.807, 2.05) is 4.72 Å². The molecular formula is C14H19F2NO4S. The molecule has 1 aromatic carbocycles. The maximum atomic E-state index is 13.6. The number of phenols is 1. The molecule has 8 heteroatoms. The molecule has 0 saturated heterocycles. The number of halogens is 2. The van der Waals surface area contributed by atoms with E-state index in [0.717, 1.165) is 25.7 Å². The molecule has 22 heavy (non-hydrogen) atoms. The molecule has 0 radical (unpaired) electrons. The van der Waals surface area contributed by atoms with Crippen molar-refractivity contribution >= 4 is 15.7 Å². The molecule has 0 amide bonds. The molecule has 0 heterocycles. The highest BCUT2D eigenvalue weighted by Crippen LogP contribution is 2.31. The first-order chi connectivity index (χ1) is 10.3. The van der Waals surface area contributed by atoms with Gasteiger partial charge in [-0.15, -0.1) is 0 Å². The minimum absolute atomic E-state index is 0.147. The Hall–Kier alpha value is -1.41. The van der Waals surface area contributed by atoms with E-state index in [1.54, 1.807) is 0 Å².